The summed E-state index contributed by atoms with van der Waals surface area (Å²) in [6.45, 7) is 3.99. The highest BCUT2D eigenvalue weighted by atomic mass is 32.2. The van der Waals surface area contributed by atoms with Crippen LogP contribution < -0.4 is 16.4 Å². The van der Waals surface area contributed by atoms with Crippen LogP contribution in [0.25, 0.3) is 0 Å². The summed E-state index contributed by atoms with van der Waals surface area (Å²) in [4.78, 5) is 23.3. The fraction of sp³-hybridized carbons (Fsp3) is 0.467. The van der Waals surface area contributed by atoms with Gasteiger partial charge in [0.15, 0.2) is 0 Å². The summed E-state index contributed by atoms with van der Waals surface area (Å²) < 4.78 is -0.458. The molecule has 1 heterocycles. The number of hydrogen-bond acceptors (Lipinski definition) is 6. The number of carboxylic acid groups (broad SMARTS) is 1. The lowest BCUT2D eigenvalue weighted by molar-refractivity contribution is -0.139. The Hall–Kier alpha value is -1.77. The summed E-state index contributed by atoms with van der Waals surface area (Å²) in [5, 5.41) is 24.0. The Morgan fingerprint density at radius 3 is 2.52 bits per heavy atom. The van der Waals surface area contributed by atoms with E-state index in [9.17, 15) is 19.8 Å². The number of phenols is 1. The van der Waals surface area contributed by atoms with Gasteiger partial charge in [0.2, 0.25) is 5.91 Å². The number of thioether (sulfide) groups is 1. The normalized spacial score (nSPS) is 24.1. The summed E-state index contributed by atoms with van der Waals surface area (Å²) in [7, 11) is 0. The smallest absolute Gasteiger partial charge is 0.322 e. The first-order valence-corrected chi connectivity index (χ1v) is 8.07. The molecule has 0 bridgehead atoms. The maximum atomic E-state index is 12.1. The van der Waals surface area contributed by atoms with E-state index >= 15 is 0 Å². The van der Waals surface area contributed by atoms with Crippen molar-refractivity contribution in [2.45, 2.75) is 36.1 Å². The molecule has 0 saturated carbocycles. The standard InChI is InChI=1S/C15H21N3O4S/c1-15(2)12(14(21)22)18-10(23-15)7-17-13(20)11(16)8-3-5-9(19)6-4-8/h3-6,10-12,18-19H,7,16H2,1-2H3,(H,17,20)(H,21,22)/t10?,11-,12+/m1/s1. The predicted octanol–water partition coefficient (Wildman–Crippen LogP) is 0.403. The Balaban J connectivity index is 1.90. The minimum absolute atomic E-state index is 0.106. The Kier molecular flexibility index (Phi) is 5.18. The zero-order valence-corrected chi connectivity index (χ0v) is 13.8. The summed E-state index contributed by atoms with van der Waals surface area (Å²) in [5.74, 6) is -1.15. The summed E-state index contributed by atoms with van der Waals surface area (Å²) in [6.07, 6.45) is 0. The van der Waals surface area contributed by atoms with E-state index in [1.807, 2.05) is 13.8 Å². The molecular formula is C15H21N3O4S. The zero-order valence-electron chi connectivity index (χ0n) is 12.9. The van der Waals surface area contributed by atoms with E-state index < -0.39 is 22.8 Å². The number of carbonyl (C=O) groups excluding carboxylic acids is 1. The largest absolute Gasteiger partial charge is 0.508 e. The van der Waals surface area contributed by atoms with E-state index in [0.29, 0.717) is 5.56 Å². The monoisotopic (exact) mass is 339 g/mol. The van der Waals surface area contributed by atoms with Gasteiger partial charge >= 0.3 is 5.97 Å². The van der Waals surface area contributed by atoms with Crippen LogP contribution in [0.3, 0.4) is 0 Å². The minimum atomic E-state index is -0.905. The molecular weight excluding hydrogens is 318 g/mol. The second-order valence-corrected chi connectivity index (χ2v) is 7.82. The van der Waals surface area contributed by atoms with Crippen LogP contribution in [-0.2, 0) is 9.59 Å². The highest BCUT2D eigenvalue weighted by Crippen LogP contribution is 2.37. The molecule has 0 spiro atoms. The number of carbonyl (C=O) groups is 2. The molecule has 1 unspecified atom stereocenters. The van der Waals surface area contributed by atoms with Crippen molar-refractivity contribution >= 4 is 23.6 Å². The van der Waals surface area contributed by atoms with Crippen molar-refractivity contribution in [1.82, 2.24) is 10.6 Å². The van der Waals surface area contributed by atoms with Crippen LogP contribution in [-0.4, -0.2) is 44.8 Å². The number of nitrogens with two attached hydrogens (primary N) is 1. The van der Waals surface area contributed by atoms with Gasteiger partial charge in [-0.15, -0.1) is 11.8 Å². The number of hydrogen-bond donors (Lipinski definition) is 5. The molecule has 0 aromatic heterocycles. The maximum absolute atomic E-state index is 12.1. The minimum Gasteiger partial charge on any atom is -0.508 e. The van der Waals surface area contributed by atoms with Crippen molar-refractivity contribution in [2.75, 3.05) is 6.54 Å². The van der Waals surface area contributed by atoms with Crippen molar-refractivity contribution in [3.8, 4) is 5.75 Å². The van der Waals surface area contributed by atoms with E-state index in [2.05, 4.69) is 10.6 Å². The topological polar surface area (TPSA) is 125 Å². The quantitative estimate of drug-likeness (QED) is 0.526. The number of amides is 1. The molecule has 1 aromatic rings. The van der Waals surface area contributed by atoms with Crippen molar-refractivity contribution in [3.63, 3.8) is 0 Å². The highest BCUT2D eigenvalue weighted by Gasteiger charge is 2.45. The van der Waals surface area contributed by atoms with E-state index in [1.54, 1.807) is 12.1 Å². The third kappa shape index (κ3) is 4.15. The number of benzene rings is 1. The first kappa shape index (κ1) is 17.6. The SMILES string of the molecule is CC1(C)SC(CNC(=O)[C@H](N)c2ccc(O)cc2)N[C@H]1C(=O)O. The van der Waals surface area contributed by atoms with Gasteiger partial charge in [-0.05, 0) is 31.5 Å². The van der Waals surface area contributed by atoms with E-state index in [-0.39, 0.29) is 23.6 Å². The molecule has 1 aromatic carbocycles. The number of carboxylic acids is 1. The summed E-state index contributed by atoms with van der Waals surface area (Å²) in [5.41, 5.74) is 6.48. The second-order valence-electron chi connectivity index (χ2n) is 5.96. The molecule has 7 nitrogen and oxygen atoms in total. The first-order valence-electron chi connectivity index (χ1n) is 7.19. The fourth-order valence-electron chi connectivity index (χ4n) is 2.46. The molecule has 1 amide bonds. The Morgan fingerprint density at radius 1 is 1.39 bits per heavy atom. The first-order chi connectivity index (χ1) is 10.7. The molecule has 6 N–H and O–H groups in total. The second kappa shape index (κ2) is 6.77. The van der Waals surface area contributed by atoms with Crippen molar-refractivity contribution in [2.24, 2.45) is 5.73 Å². The van der Waals surface area contributed by atoms with E-state index in [0.717, 1.165) is 0 Å². The Labute approximate surface area is 138 Å². The van der Waals surface area contributed by atoms with Crippen LogP contribution in [0.4, 0.5) is 0 Å². The van der Waals surface area contributed by atoms with Gasteiger partial charge in [-0.1, -0.05) is 12.1 Å². The van der Waals surface area contributed by atoms with Crippen molar-refractivity contribution in [3.05, 3.63) is 29.8 Å². The number of phenolic OH excluding ortho intramolecular Hbond substituents is 1. The fourth-order valence-corrected chi connectivity index (χ4v) is 3.87. The lowest BCUT2D eigenvalue weighted by Crippen LogP contribution is -2.47. The number of nitrogens with one attached hydrogen (secondary N) is 2. The molecule has 126 valence electrons. The van der Waals surface area contributed by atoms with Gasteiger partial charge in [-0.2, -0.15) is 0 Å². The van der Waals surface area contributed by atoms with Gasteiger partial charge in [0, 0.05) is 11.3 Å². The Bertz CT molecular complexity index is 591. The van der Waals surface area contributed by atoms with Crippen molar-refractivity contribution in [1.29, 1.82) is 0 Å². The highest BCUT2D eigenvalue weighted by molar-refractivity contribution is 8.01. The molecule has 23 heavy (non-hydrogen) atoms. The van der Waals surface area contributed by atoms with Crippen LogP contribution in [0.15, 0.2) is 24.3 Å². The molecule has 1 saturated heterocycles. The molecule has 8 heteroatoms. The van der Waals surface area contributed by atoms with Gasteiger partial charge < -0.3 is 21.3 Å². The number of aliphatic carboxylic acids is 1. The molecule has 2 rings (SSSR count). The van der Waals surface area contributed by atoms with Crippen LogP contribution in [0.1, 0.15) is 25.5 Å². The zero-order chi connectivity index (χ0) is 17.2. The molecule has 0 aliphatic carbocycles. The molecule has 1 fully saturated rings. The number of aromatic hydroxyl groups is 1. The average molecular weight is 339 g/mol. The van der Waals surface area contributed by atoms with Crippen LogP contribution >= 0.6 is 11.8 Å². The van der Waals surface area contributed by atoms with Gasteiger partial charge in [-0.3, -0.25) is 14.9 Å². The molecule has 1 aliphatic rings. The maximum Gasteiger partial charge on any atom is 0.322 e. The predicted molar refractivity (Wildman–Crippen MR) is 88.1 cm³/mol. The van der Waals surface area contributed by atoms with Crippen molar-refractivity contribution < 1.29 is 19.8 Å². The van der Waals surface area contributed by atoms with E-state index in [4.69, 9.17) is 5.73 Å². The van der Waals surface area contributed by atoms with Crippen LogP contribution in [0.2, 0.25) is 0 Å². The van der Waals surface area contributed by atoms with Crippen LogP contribution in [0, 0.1) is 0 Å². The molecule has 3 atom stereocenters. The van der Waals surface area contributed by atoms with Crippen LogP contribution in [0.5, 0.6) is 5.75 Å². The number of rotatable bonds is 5. The van der Waals surface area contributed by atoms with Gasteiger partial charge in [-0.25, -0.2) is 0 Å². The third-order valence-corrected chi connectivity index (χ3v) is 5.17. The van der Waals surface area contributed by atoms with Gasteiger partial charge in [0.1, 0.15) is 17.8 Å². The third-order valence-electron chi connectivity index (χ3n) is 3.74. The van der Waals surface area contributed by atoms with Gasteiger partial charge in [0.05, 0.1) is 5.37 Å². The lowest BCUT2D eigenvalue weighted by atomic mass is 10.0. The van der Waals surface area contributed by atoms with Gasteiger partial charge in [0.25, 0.3) is 0 Å². The van der Waals surface area contributed by atoms with E-state index in [1.165, 1.54) is 23.9 Å². The summed E-state index contributed by atoms with van der Waals surface area (Å²) >= 11 is 1.48. The Morgan fingerprint density at radius 2 is 2.00 bits per heavy atom. The molecule has 1 aliphatic heterocycles. The average Bonchev–Trinajstić information content (AvgIpc) is 2.80. The lowest BCUT2D eigenvalue weighted by Gasteiger charge is -2.20. The molecule has 0 radical (unpaired) electrons. The summed E-state index contributed by atoms with van der Waals surface area (Å²) in [6, 6.07) is 4.61.